The van der Waals surface area contributed by atoms with Gasteiger partial charge in [-0.1, -0.05) is 19.8 Å². The van der Waals surface area contributed by atoms with Crippen LogP contribution >= 0.6 is 0 Å². The predicted octanol–water partition coefficient (Wildman–Crippen LogP) is 5.95. The number of rotatable bonds is 7. The molecular weight excluding hydrogens is 711 g/mol. The molecular formula is C36H32F7N7O3. The van der Waals surface area contributed by atoms with Gasteiger partial charge in [0.1, 0.15) is 35.2 Å². The molecule has 0 aliphatic heterocycles. The minimum absolute atomic E-state index is 0.0267. The van der Waals surface area contributed by atoms with Gasteiger partial charge in [-0.2, -0.15) is 32.1 Å². The maximum atomic E-state index is 15.5. The van der Waals surface area contributed by atoms with E-state index in [1.165, 1.54) is 37.3 Å². The normalized spacial score (nSPS) is 17.4. The van der Waals surface area contributed by atoms with E-state index in [0.717, 1.165) is 19.1 Å². The lowest BCUT2D eigenvalue weighted by atomic mass is 9.94. The highest BCUT2D eigenvalue weighted by atomic mass is 19.4. The Kier molecular flexibility index (Phi) is 9.26. The van der Waals surface area contributed by atoms with E-state index in [4.69, 9.17) is 0 Å². The molecule has 17 heteroatoms. The van der Waals surface area contributed by atoms with Crippen molar-refractivity contribution in [3.8, 4) is 23.0 Å². The standard InChI is InChI=1S/C36H32F7N7O3/c1-17-18(2)35(39,40)32-29(17)31(36(41,42)43)48-49(32)16-28(51)45-26(14-20-12-21(37)15-22(38)13-20)30-25(7-6-23(44-30)10-11-34(4,5)53)24-8-9-27-46-47-33(52)50(27)19(24)3/h6-9,12-13,15,17-18,26,53H,14,16H2,1-5H3,(H,45,51)(H,47,52)/t17-,18?,26-/m0/s1. The molecule has 0 fully saturated rings. The summed E-state index contributed by atoms with van der Waals surface area (Å²) in [6.45, 7) is 5.74. The minimum atomic E-state index is -5.09. The Morgan fingerprint density at radius 3 is 2.38 bits per heavy atom. The van der Waals surface area contributed by atoms with Crippen LogP contribution in [0, 0.1) is 36.3 Å². The van der Waals surface area contributed by atoms with Crippen LogP contribution in [0.2, 0.25) is 0 Å². The first kappa shape index (κ1) is 37.3. The molecule has 3 atom stereocenters. The maximum absolute atomic E-state index is 15.5. The van der Waals surface area contributed by atoms with Crippen molar-refractivity contribution in [3.05, 3.63) is 104 Å². The van der Waals surface area contributed by atoms with Crippen molar-refractivity contribution in [3.63, 3.8) is 0 Å². The van der Waals surface area contributed by atoms with Crippen molar-refractivity contribution < 1.29 is 40.6 Å². The second-order valence-corrected chi connectivity index (χ2v) is 13.6. The monoisotopic (exact) mass is 743 g/mol. The van der Waals surface area contributed by atoms with E-state index in [0.29, 0.717) is 27.6 Å². The molecule has 1 aromatic carbocycles. The number of halogens is 7. The first-order valence-corrected chi connectivity index (χ1v) is 16.3. The molecule has 0 saturated heterocycles. The number of aromatic nitrogens is 6. The van der Waals surface area contributed by atoms with Crippen molar-refractivity contribution in [1.82, 2.24) is 34.7 Å². The lowest BCUT2D eigenvalue weighted by Gasteiger charge is -2.24. The second kappa shape index (κ2) is 13.2. The van der Waals surface area contributed by atoms with Crippen LogP contribution in [0.15, 0.2) is 47.3 Å². The number of fused-ring (bicyclic) bond motifs is 2. The molecule has 6 rings (SSSR count). The molecule has 1 amide bonds. The van der Waals surface area contributed by atoms with Gasteiger partial charge in [0.25, 0.3) is 5.92 Å². The fourth-order valence-electron chi connectivity index (χ4n) is 6.60. The van der Waals surface area contributed by atoms with Gasteiger partial charge in [-0.15, -0.1) is 0 Å². The van der Waals surface area contributed by atoms with Gasteiger partial charge in [-0.05, 0) is 81.0 Å². The zero-order chi connectivity index (χ0) is 38.8. The summed E-state index contributed by atoms with van der Waals surface area (Å²) in [6.07, 6.45) is -5.45. The van der Waals surface area contributed by atoms with Gasteiger partial charge in [0.05, 0.1) is 11.7 Å². The molecule has 4 aromatic heterocycles. The summed E-state index contributed by atoms with van der Waals surface area (Å²) in [5, 5.41) is 22.6. The summed E-state index contributed by atoms with van der Waals surface area (Å²) in [7, 11) is 0. The van der Waals surface area contributed by atoms with Gasteiger partial charge in [-0.25, -0.2) is 28.1 Å². The Hall–Kier alpha value is -5.50. The van der Waals surface area contributed by atoms with Crippen molar-refractivity contribution in [2.75, 3.05) is 0 Å². The molecule has 53 heavy (non-hydrogen) atoms. The summed E-state index contributed by atoms with van der Waals surface area (Å²) >= 11 is 0. The molecule has 0 spiro atoms. The number of hydrogen-bond donors (Lipinski definition) is 3. The van der Waals surface area contributed by atoms with Crippen molar-refractivity contribution in [2.45, 2.75) is 77.2 Å². The second-order valence-electron chi connectivity index (χ2n) is 13.6. The summed E-state index contributed by atoms with van der Waals surface area (Å²) in [6, 6.07) is 7.50. The molecule has 1 aliphatic rings. The molecule has 0 radical (unpaired) electrons. The fraction of sp³-hybridized carbons (Fsp3) is 0.361. The molecule has 10 nitrogen and oxygen atoms in total. The molecule has 1 unspecified atom stereocenters. The summed E-state index contributed by atoms with van der Waals surface area (Å²) in [4.78, 5) is 31.1. The van der Waals surface area contributed by atoms with Crippen LogP contribution in [0.4, 0.5) is 30.7 Å². The highest BCUT2D eigenvalue weighted by Gasteiger charge is 2.57. The number of H-pyrrole nitrogens is 1. The molecule has 0 saturated carbocycles. The predicted molar refractivity (Wildman–Crippen MR) is 177 cm³/mol. The SMILES string of the molecule is Cc1c(-c2ccc(C#CC(C)(C)O)nc2[C@H](Cc2cc(F)cc(F)c2)NC(=O)Cn2nc(C(F)(F)F)c3c2C(F)(F)C(C)[C@@H]3C)ccc2n[nH]c(=O)n12. The molecule has 0 bridgehead atoms. The quantitative estimate of drug-likeness (QED) is 0.140. The van der Waals surface area contributed by atoms with Crippen LogP contribution in [-0.2, 0) is 29.9 Å². The van der Waals surface area contributed by atoms with Crippen LogP contribution < -0.4 is 11.0 Å². The molecule has 4 heterocycles. The topological polar surface area (TPSA) is 130 Å². The van der Waals surface area contributed by atoms with Crippen molar-refractivity contribution in [2.24, 2.45) is 5.92 Å². The number of aliphatic hydroxyl groups is 1. The molecule has 3 N–H and O–H groups in total. The number of carbonyl (C=O) groups is 1. The Morgan fingerprint density at radius 1 is 1.08 bits per heavy atom. The Balaban J connectivity index is 1.50. The zero-order valence-corrected chi connectivity index (χ0v) is 28.8. The Morgan fingerprint density at radius 2 is 1.74 bits per heavy atom. The van der Waals surface area contributed by atoms with E-state index < -0.39 is 82.3 Å². The van der Waals surface area contributed by atoms with Gasteiger partial charge in [0.15, 0.2) is 11.3 Å². The third-order valence-electron chi connectivity index (χ3n) is 9.21. The first-order valence-electron chi connectivity index (χ1n) is 16.3. The molecule has 5 aromatic rings. The van der Waals surface area contributed by atoms with Crippen LogP contribution in [0.25, 0.3) is 16.8 Å². The van der Waals surface area contributed by atoms with Crippen LogP contribution in [0.1, 0.15) is 79.3 Å². The van der Waals surface area contributed by atoms with Crippen LogP contribution in [-0.4, -0.2) is 46.0 Å². The number of aromatic amines is 1. The van der Waals surface area contributed by atoms with Gasteiger partial charge >= 0.3 is 11.9 Å². The number of pyridine rings is 2. The van der Waals surface area contributed by atoms with E-state index in [1.807, 2.05) is 0 Å². The van der Waals surface area contributed by atoms with E-state index in [-0.39, 0.29) is 29.0 Å². The highest BCUT2D eigenvalue weighted by molar-refractivity contribution is 5.78. The summed E-state index contributed by atoms with van der Waals surface area (Å²) in [5.74, 6) is -4.13. The Labute approximate surface area is 297 Å². The smallest absolute Gasteiger partial charge is 0.378 e. The van der Waals surface area contributed by atoms with Gasteiger partial charge in [0, 0.05) is 34.4 Å². The zero-order valence-electron chi connectivity index (χ0n) is 28.8. The number of alkyl halides is 5. The summed E-state index contributed by atoms with van der Waals surface area (Å²) in [5.41, 5.74) is -3.78. The third kappa shape index (κ3) is 7.15. The Bertz CT molecular complexity index is 2360. The number of hydrogen-bond acceptors (Lipinski definition) is 6. The van der Waals surface area contributed by atoms with Crippen molar-refractivity contribution >= 4 is 11.6 Å². The third-order valence-corrected chi connectivity index (χ3v) is 9.21. The van der Waals surface area contributed by atoms with Crippen LogP contribution in [0.5, 0.6) is 0 Å². The van der Waals surface area contributed by atoms with E-state index in [2.05, 4.69) is 37.4 Å². The number of benzene rings is 1. The van der Waals surface area contributed by atoms with E-state index in [1.54, 1.807) is 19.1 Å². The summed E-state index contributed by atoms with van der Waals surface area (Å²) < 4.78 is 104. The highest BCUT2D eigenvalue weighted by Crippen LogP contribution is 2.55. The average molecular weight is 744 g/mol. The molecule has 278 valence electrons. The van der Waals surface area contributed by atoms with E-state index in [9.17, 15) is 36.6 Å². The first-order chi connectivity index (χ1) is 24.7. The number of nitrogens with one attached hydrogen (secondary N) is 2. The number of nitrogens with zero attached hydrogens (tertiary/aromatic N) is 5. The maximum Gasteiger partial charge on any atom is 0.435 e. The average Bonchev–Trinajstić information content (AvgIpc) is 3.68. The van der Waals surface area contributed by atoms with Gasteiger partial charge in [0.2, 0.25) is 5.91 Å². The van der Waals surface area contributed by atoms with Crippen molar-refractivity contribution in [1.29, 1.82) is 0 Å². The van der Waals surface area contributed by atoms with Crippen LogP contribution in [0.3, 0.4) is 0 Å². The molecule has 1 aliphatic carbocycles. The fourth-order valence-corrected chi connectivity index (χ4v) is 6.60. The van der Waals surface area contributed by atoms with E-state index >= 15 is 8.78 Å². The number of aryl methyl sites for hydroxylation is 1. The van der Waals surface area contributed by atoms with Gasteiger partial charge in [-0.3, -0.25) is 9.48 Å². The minimum Gasteiger partial charge on any atom is -0.378 e. The number of amides is 1. The lowest BCUT2D eigenvalue weighted by molar-refractivity contribution is -0.143. The number of carbonyl (C=O) groups excluding carboxylic acids is 1. The van der Waals surface area contributed by atoms with Gasteiger partial charge < -0.3 is 10.4 Å². The lowest BCUT2D eigenvalue weighted by Crippen LogP contribution is -2.35. The largest absolute Gasteiger partial charge is 0.435 e.